The predicted octanol–water partition coefficient (Wildman–Crippen LogP) is 3.63. The van der Waals surface area contributed by atoms with Gasteiger partial charge in [-0.1, -0.05) is 48.5 Å². The Balaban J connectivity index is 1.69. The summed E-state index contributed by atoms with van der Waals surface area (Å²) in [4.78, 5) is 44.7. The predicted molar refractivity (Wildman–Crippen MR) is 131 cm³/mol. The quantitative estimate of drug-likeness (QED) is 0.425. The second-order valence-corrected chi connectivity index (χ2v) is 9.65. The summed E-state index contributed by atoms with van der Waals surface area (Å²) < 4.78 is 1.52. The molecule has 9 heteroatoms. The third-order valence-corrected chi connectivity index (χ3v) is 7.45. The first-order chi connectivity index (χ1) is 15.9. The van der Waals surface area contributed by atoms with Crippen LogP contribution in [0.5, 0.6) is 0 Å². The highest BCUT2D eigenvalue weighted by atomic mass is 35.5. The molecule has 3 aromatic rings. The second-order valence-electron chi connectivity index (χ2n) is 8.05. The van der Waals surface area contributed by atoms with Crippen LogP contribution in [0.1, 0.15) is 26.2 Å². The number of fused-ring (bicyclic) bond motifs is 1. The Morgan fingerprint density at radius 2 is 1.91 bits per heavy atom. The van der Waals surface area contributed by atoms with E-state index in [-0.39, 0.29) is 23.3 Å². The minimum absolute atomic E-state index is 0.0227. The van der Waals surface area contributed by atoms with Crippen LogP contribution in [-0.2, 0) is 9.59 Å². The van der Waals surface area contributed by atoms with Crippen molar-refractivity contribution < 1.29 is 9.59 Å². The number of likely N-dealkylation sites (tertiary alicyclic amines) is 1. The van der Waals surface area contributed by atoms with Gasteiger partial charge in [0.1, 0.15) is 0 Å². The zero-order valence-corrected chi connectivity index (χ0v) is 19.8. The number of amides is 2. The summed E-state index contributed by atoms with van der Waals surface area (Å²) in [5.74, 6) is -0.517. The Bertz CT molecular complexity index is 1250. The molecule has 1 atom stereocenters. The van der Waals surface area contributed by atoms with E-state index in [0.717, 1.165) is 0 Å². The smallest absolute Gasteiger partial charge is 0.266 e. The maximum atomic E-state index is 13.4. The minimum Gasteiger partial charge on any atom is -0.369 e. The van der Waals surface area contributed by atoms with Crippen molar-refractivity contribution in [2.24, 2.45) is 11.7 Å². The highest BCUT2D eigenvalue weighted by molar-refractivity contribution is 8.00. The van der Waals surface area contributed by atoms with Gasteiger partial charge in [-0.05, 0) is 49.6 Å². The SMILES string of the molecule is CCC(Sc1nc2ccccc2c(=O)n1-c1cccc(Cl)c1)C(=O)N1CCC(C(N)=O)CC1. The third-order valence-electron chi connectivity index (χ3n) is 5.91. The van der Waals surface area contributed by atoms with Gasteiger partial charge in [0.2, 0.25) is 11.8 Å². The van der Waals surface area contributed by atoms with Crippen molar-refractivity contribution >= 4 is 46.1 Å². The lowest BCUT2D eigenvalue weighted by molar-refractivity contribution is -0.134. The van der Waals surface area contributed by atoms with Crippen LogP contribution in [0.4, 0.5) is 0 Å². The number of hydrogen-bond acceptors (Lipinski definition) is 5. The van der Waals surface area contributed by atoms with Gasteiger partial charge in [0.15, 0.2) is 5.16 Å². The molecule has 0 bridgehead atoms. The molecule has 2 aromatic carbocycles. The molecule has 1 aliphatic heterocycles. The van der Waals surface area contributed by atoms with Crippen molar-refractivity contribution in [3.05, 3.63) is 63.9 Å². The van der Waals surface area contributed by atoms with E-state index in [1.54, 1.807) is 47.4 Å². The van der Waals surface area contributed by atoms with Crippen LogP contribution < -0.4 is 11.3 Å². The van der Waals surface area contributed by atoms with Crippen LogP contribution in [0.25, 0.3) is 16.6 Å². The first-order valence-electron chi connectivity index (χ1n) is 10.9. The number of rotatable bonds is 6. The van der Waals surface area contributed by atoms with E-state index in [9.17, 15) is 14.4 Å². The van der Waals surface area contributed by atoms with Gasteiger partial charge in [-0.25, -0.2) is 4.98 Å². The average molecular weight is 485 g/mol. The van der Waals surface area contributed by atoms with Crippen LogP contribution in [0.3, 0.4) is 0 Å². The van der Waals surface area contributed by atoms with Crippen molar-refractivity contribution in [2.45, 2.75) is 36.6 Å². The molecular formula is C24H25ClN4O3S. The Labute approximate surface area is 200 Å². The molecular weight excluding hydrogens is 460 g/mol. The summed E-state index contributed by atoms with van der Waals surface area (Å²) in [6.07, 6.45) is 1.71. The number of aromatic nitrogens is 2. The highest BCUT2D eigenvalue weighted by Crippen LogP contribution is 2.30. The second kappa shape index (κ2) is 9.97. The van der Waals surface area contributed by atoms with E-state index in [0.29, 0.717) is 59.1 Å². The van der Waals surface area contributed by atoms with Gasteiger partial charge in [0, 0.05) is 24.0 Å². The van der Waals surface area contributed by atoms with E-state index in [4.69, 9.17) is 22.3 Å². The standard InChI is InChI=1S/C24H25ClN4O3S/c1-2-20(23(32)28-12-10-15(11-13-28)21(26)30)33-24-27-19-9-4-3-8-18(19)22(31)29(24)17-7-5-6-16(25)14-17/h3-9,14-15,20H,2,10-13H2,1H3,(H2,26,30). The number of hydrogen-bond donors (Lipinski definition) is 1. The Morgan fingerprint density at radius 1 is 1.18 bits per heavy atom. The zero-order valence-electron chi connectivity index (χ0n) is 18.2. The molecule has 7 nitrogen and oxygen atoms in total. The fourth-order valence-corrected chi connectivity index (χ4v) is 5.36. The monoisotopic (exact) mass is 484 g/mol. The summed E-state index contributed by atoms with van der Waals surface area (Å²) in [7, 11) is 0. The number of para-hydroxylation sites is 1. The number of benzene rings is 2. The number of carbonyl (C=O) groups excluding carboxylic acids is 2. The molecule has 0 spiro atoms. The van der Waals surface area contributed by atoms with Gasteiger partial charge in [-0.15, -0.1) is 0 Å². The fraction of sp³-hybridized carbons (Fsp3) is 0.333. The van der Waals surface area contributed by atoms with Crippen molar-refractivity contribution in [3.63, 3.8) is 0 Å². The van der Waals surface area contributed by atoms with Crippen molar-refractivity contribution in [1.82, 2.24) is 14.5 Å². The highest BCUT2D eigenvalue weighted by Gasteiger charge is 2.31. The first kappa shape index (κ1) is 23.3. The van der Waals surface area contributed by atoms with Crippen LogP contribution in [0, 0.1) is 5.92 Å². The van der Waals surface area contributed by atoms with E-state index < -0.39 is 5.25 Å². The van der Waals surface area contributed by atoms with Gasteiger partial charge >= 0.3 is 0 Å². The van der Waals surface area contributed by atoms with E-state index >= 15 is 0 Å². The maximum Gasteiger partial charge on any atom is 0.266 e. The molecule has 0 aliphatic carbocycles. The molecule has 1 aliphatic rings. The number of thioether (sulfide) groups is 1. The lowest BCUT2D eigenvalue weighted by atomic mass is 9.96. The molecule has 0 radical (unpaired) electrons. The summed E-state index contributed by atoms with van der Waals surface area (Å²) in [5.41, 5.74) is 6.38. The normalized spacial score (nSPS) is 15.5. The van der Waals surface area contributed by atoms with Gasteiger partial charge in [-0.3, -0.25) is 19.0 Å². The van der Waals surface area contributed by atoms with E-state index in [2.05, 4.69) is 0 Å². The van der Waals surface area contributed by atoms with Gasteiger partial charge in [0.05, 0.1) is 21.8 Å². The summed E-state index contributed by atoms with van der Waals surface area (Å²) in [6, 6.07) is 14.2. The molecule has 1 fully saturated rings. The number of halogens is 1. The number of carbonyl (C=O) groups is 2. The Kier molecular flexibility index (Phi) is 7.05. The lowest BCUT2D eigenvalue weighted by Crippen LogP contribution is -2.45. The Morgan fingerprint density at radius 3 is 2.58 bits per heavy atom. The molecule has 2 N–H and O–H groups in total. The largest absolute Gasteiger partial charge is 0.369 e. The average Bonchev–Trinajstić information content (AvgIpc) is 2.82. The molecule has 33 heavy (non-hydrogen) atoms. The number of nitrogens with two attached hydrogens (primary N) is 1. The van der Waals surface area contributed by atoms with Gasteiger partial charge in [-0.2, -0.15) is 0 Å². The zero-order chi connectivity index (χ0) is 23.5. The summed E-state index contributed by atoms with van der Waals surface area (Å²) >= 11 is 7.48. The molecule has 172 valence electrons. The van der Waals surface area contributed by atoms with Crippen LogP contribution >= 0.6 is 23.4 Å². The van der Waals surface area contributed by atoms with Gasteiger partial charge in [0.25, 0.3) is 5.56 Å². The maximum absolute atomic E-state index is 13.4. The molecule has 1 aromatic heterocycles. The molecule has 1 unspecified atom stereocenters. The van der Waals surface area contributed by atoms with Crippen LogP contribution in [0.15, 0.2) is 58.5 Å². The molecule has 1 saturated heterocycles. The minimum atomic E-state index is -0.423. The van der Waals surface area contributed by atoms with E-state index in [1.165, 1.54) is 16.3 Å². The fourth-order valence-electron chi connectivity index (χ4n) is 4.06. The van der Waals surface area contributed by atoms with Crippen LogP contribution in [0.2, 0.25) is 5.02 Å². The van der Waals surface area contributed by atoms with Crippen molar-refractivity contribution in [3.8, 4) is 5.69 Å². The van der Waals surface area contributed by atoms with E-state index in [1.807, 2.05) is 13.0 Å². The molecule has 0 saturated carbocycles. The number of piperidine rings is 1. The topological polar surface area (TPSA) is 98.3 Å². The third kappa shape index (κ3) is 4.91. The molecule has 2 amide bonds. The molecule has 4 rings (SSSR count). The number of nitrogens with zero attached hydrogens (tertiary/aromatic N) is 3. The summed E-state index contributed by atoms with van der Waals surface area (Å²) in [5, 5.41) is 1.01. The first-order valence-corrected chi connectivity index (χ1v) is 12.2. The number of primary amides is 1. The van der Waals surface area contributed by atoms with Gasteiger partial charge < -0.3 is 10.6 Å². The van der Waals surface area contributed by atoms with Crippen molar-refractivity contribution in [2.75, 3.05) is 13.1 Å². The lowest BCUT2D eigenvalue weighted by Gasteiger charge is -2.32. The van der Waals surface area contributed by atoms with Crippen molar-refractivity contribution in [1.29, 1.82) is 0 Å². The molecule has 2 heterocycles. The van der Waals surface area contributed by atoms with Crippen LogP contribution in [-0.4, -0.2) is 44.6 Å². The summed E-state index contributed by atoms with van der Waals surface area (Å²) in [6.45, 7) is 2.93. The Hall–Kier alpha value is -2.84.